The zero-order valence-electron chi connectivity index (χ0n) is 12.0. The number of nitrogens with one attached hydrogen (secondary N) is 1. The lowest BCUT2D eigenvalue weighted by atomic mass is 9.94. The minimum Gasteiger partial charge on any atom is -0.496 e. The van der Waals surface area contributed by atoms with E-state index in [1.165, 1.54) is 6.07 Å². The molecule has 112 valence electrons. The number of methoxy groups -OCH3 is 1. The maximum atomic E-state index is 13.7. The monoisotopic (exact) mass is 415 g/mol. The predicted octanol–water partition coefficient (Wildman–Crippen LogP) is 4.98. The van der Waals surface area contributed by atoms with Gasteiger partial charge in [0.1, 0.15) is 11.6 Å². The van der Waals surface area contributed by atoms with Gasteiger partial charge in [0.25, 0.3) is 0 Å². The van der Waals surface area contributed by atoms with Crippen molar-refractivity contribution < 1.29 is 9.13 Å². The molecule has 0 aliphatic heterocycles. The summed E-state index contributed by atoms with van der Waals surface area (Å²) in [6.07, 6.45) is 0. The second-order valence-electron chi connectivity index (χ2n) is 4.73. The fraction of sp³-hybridized carbons (Fsp3) is 0.250. The number of hydrogen-bond donors (Lipinski definition) is 1. The Morgan fingerprint density at radius 1 is 1.14 bits per heavy atom. The van der Waals surface area contributed by atoms with Gasteiger partial charge in [-0.15, -0.1) is 0 Å². The summed E-state index contributed by atoms with van der Waals surface area (Å²) in [5.74, 6) is 0.190. The Morgan fingerprint density at radius 2 is 1.86 bits per heavy atom. The third kappa shape index (κ3) is 3.47. The maximum Gasteiger partial charge on any atom is 0.141 e. The van der Waals surface area contributed by atoms with Crippen molar-refractivity contribution in [1.82, 2.24) is 5.32 Å². The average molecular weight is 417 g/mol. The number of halogens is 3. The Morgan fingerprint density at radius 3 is 2.43 bits per heavy atom. The topological polar surface area (TPSA) is 21.3 Å². The van der Waals surface area contributed by atoms with Gasteiger partial charge < -0.3 is 10.1 Å². The minimum absolute atomic E-state index is 0.0788. The van der Waals surface area contributed by atoms with Crippen molar-refractivity contribution in [2.45, 2.75) is 13.0 Å². The largest absolute Gasteiger partial charge is 0.496 e. The van der Waals surface area contributed by atoms with E-state index in [4.69, 9.17) is 4.74 Å². The summed E-state index contributed by atoms with van der Waals surface area (Å²) in [4.78, 5) is 0. The van der Waals surface area contributed by atoms with Crippen molar-refractivity contribution in [3.05, 3.63) is 61.8 Å². The molecule has 2 rings (SSSR count). The lowest BCUT2D eigenvalue weighted by Gasteiger charge is -2.22. The number of rotatable bonds is 4. The summed E-state index contributed by atoms with van der Waals surface area (Å²) < 4.78 is 20.5. The van der Waals surface area contributed by atoms with Crippen LogP contribution < -0.4 is 10.1 Å². The van der Waals surface area contributed by atoms with Crippen LogP contribution >= 0.6 is 31.9 Å². The molecule has 0 spiro atoms. The van der Waals surface area contributed by atoms with Crippen LogP contribution in [0.5, 0.6) is 5.75 Å². The lowest BCUT2D eigenvalue weighted by Crippen LogP contribution is -2.19. The first-order chi connectivity index (χ1) is 9.97. The van der Waals surface area contributed by atoms with E-state index < -0.39 is 0 Å². The molecule has 2 nitrogen and oxygen atoms in total. The maximum absolute atomic E-state index is 13.7. The van der Waals surface area contributed by atoms with Crippen molar-refractivity contribution in [3.63, 3.8) is 0 Å². The molecule has 0 aliphatic rings. The third-order valence-electron chi connectivity index (χ3n) is 3.42. The summed E-state index contributed by atoms with van der Waals surface area (Å²) in [6.45, 7) is 2.05. The zero-order chi connectivity index (χ0) is 15.6. The van der Waals surface area contributed by atoms with Crippen LogP contribution in [0.2, 0.25) is 0 Å². The van der Waals surface area contributed by atoms with E-state index in [-0.39, 0.29) is 11.9 Å². The molecule has 0 fully saturated rings. The highest BCUT2D eigenvalue weighted by molar-refractivity contribution is 9.10. The molecule has 2 aromatic rings. The molecule has 0 radical (unpaired) electrons. The van der Waals surface area contributed by atoms with E-state index >= 15 is 0 Å². The molecular weight excluding hydrogens is 401 g/mol. The second kappa shape index (κ2) is 6.90. The van der Waals surface area contributed by atoms with Crippen molar-refractivity contribution in [1.29, 1.82) is 0 Å². The van der Waals surface area contributed by atoms with Gasteiger partial charge in [-0.3, -0.25) is 0 Å². The molecule has 0 aliphatic carbocycles. The Balaban J connectivity index is 2.58. The molecule has 0 bridgehead atoms. The van der Waals surface area contributed by atoms with Crippen LogP contribution in [0.15, 0.2) is 39.3 Å². The molecule has 0 heterocycles. The smallest absolute Gasteiger partial charge is 0.141 e. The number of aryl methyl sites for hydroxylation is 1. The first-order valence-corrected chi connectivity index (χ1v) is 8.02. The average Bonchev–Trinajstić information content (AvgIpc) is 2.45. The standard InChI is InChI=1S/C16H16Br2FNO/c1-9-6-10(17)4-5-11(9)16(20-2)12-7-13(18)14(19)8-15(12)21-3/h4-8,16,20H,1-3H3. The van der Waals surface area contributed by atoms with Crippen LogP contribution in [0.25, 0.3) is 0 Å². The first kappa shape index (κ1) is 16.5. The van der Waals surface area contributed by atoms with Gasteiger partial charge in [0.05, 0.1) is 17.6 Å². The molecule has 0 amide bonds. The van der Waals surface area contributed by atoms with Crippen LogP contribution in [0.4, 0.5) is 4.39 Å². The molecule has 0 saturated carbocycles. The van der Waals surface area contributed by atoms with Gasteiger partial charge in [-0.25, -0.2) is 4.39 Å². The molecule has 2 aromatic carbocycles. The van der Waals surface area contributed by atoms with Crippen molar-refractivity contribution in [2.75, 3.05) is 14.2 Å². The van der Waals surface area contributed by atoms with Crippen molar-refractivity contribution in [3.8, 4) is 5.75 Å². The second-order valence-corrected chi connectivity index (χ2v) is 6.50. The molecule has 1 N–H and O–H groups in total. The molecule has 21 heavy (non-hydrogen) atoms. The predicted molar refractivity (Wildman–Crippen MR) is 90.4 cm³/mol. The normalized spacial score (nSPS) is 12.3. The van der Waals surface area contributed by atoms with Gasteiger partial charge in [-0.2, -0.15) is 0 Å². The highest BCUT2D eigenvalue weighted by Gasteiger charge is 2.20. The van der Waals surface area contributed by atoms with Crippen molar-refractivity contribution >= 4 is 31.9 Å². The van der Waals surface area contributed by atoms with Crippen LogP contribution in [0.3, 0.4) is 0 Å². The first-order valence-electron chi connectivity index (χ1n) is 6.44. The van der Waals surface area contributed by atoms with Gasteiger partial charge in [-0.1, -0.05) is 22.0 Å². The molecule has 0 aromatic heterocycles. The van der Waals surface area contributed by atoms with Crippen molar-refractivity contribution in [2.24, 2.45) is 0 Å². The Hall–Kier alpha value is -0.910. The quantitative estimate of drug-likeness (QED) is 0.759. The number of ether oxygens (including phenoxy) is 1. The van der Waals surface area contributed by atoms with Crippen LogP contribution in [0.1, 0.15) is 22.7 Å². The highest BCUT2D eigenvalue weighted by atomic mass is 79.9. The van der Waals surface area contributed by atoms with Gasteiger partial charge in [0.15, 0.2) is 0 Å². The van der Waals surface area contributed by atoms with Gasteiger partial charge in [0.2, 0.25) is 0 Å². The molecular formula is C16H16Br2FNO. The third-order valence-corrected chi connectivity index (χ3v) is 4.52. The van der Waals surface area contributed by atoms with Gasteiger partial charge in [-0.05, 0) is 59.2 Å². The zero-order valence-corrected chi connectivity index (χ0v) is 15.2. The van der Waals surface area contributed by atoms with E-state index in [0.717, 1.165) is 21.2 Å². The number of benzene rings is 2. The molecule has 5 heteroatoms. The molecule has 0 saturated heterocycles. The van der Waals surface area contributed by atoms with E-state index in [1.54, 1.807) is 13.2 Å². The van der Waals surface area contributed by atoms with E-state index in [2.05, 4.69) is 56.2 Å². The fourth-order valence-electron chi connectivity index (χ4n) is 2.39. The van der Waals surface area contributed by atoms with E-state index in [0.29, 0.717) is 10.2 Å². The van der Waals surface area contributed by atoms with Gasteiger partial charge in [0, 0.05) is 16.1 Å². The SMILES string of the molecule is CNC(c1ccc(Br)cc1C)c1cc(Br)c(F)cc1OC. The minimum atomic E-state index is -0.335. The highest BCUT2D eigenvalue weighted by Crippen LogP contribution is 2.35. The number of hydrogen-bond acceptors (Lipinski definition) is 2. The van der Waals surface area contributed by atoms with Gasteiger partial charge >= 0.3 is 0 Å². The van der Waals surface area contributed by atoms with Crippen LogP contribution in [-0.4, -0.2) is 14.2 Å². The van der Waals surface area contributed by atoms with E-state index in [9.17, 15) is 4.39 Å². The Labute approximate surface area is 141 Å². The lowest BCUT2D eigenvalue weighted by molar-refractivity contribution is 0.401. The summed E-state index contributed by atoms with van der Waals surface area (Å²) in [6, 6.07) is 9.19. The summed E-state index contributed by atoms with van der Waals surface area (Å²) in [7, 11) is 3.43. The Kier molecular flexibility index (Phi) is 5.41. The summed E-state index contributed by atoms with van der Waals surface area (Å²) in [5, 5.41) is 3.28. The van der Waals surface area contributed by atoms with E-state index in [1.807, 2.05) is 13.1 Å². The molecule has 1 unspecified atom stereocenters. The summed E-state index contributed by atoms with van der Waals surface area (Å²) in [5.41, 5.74) is 3.16. The van der Waals surface area contributed by atoms with Crippen LogP contribution in [0, 0.1) is 12.7 Å². The fourth-order valence-corrected chi connectivity index (χ4v) is 3.22. The molecule has 1 atom stereocenters. The Bertz CT molecular complexity index is 661. The summed E-state index contributed by atoms with van der Waals surface area (Å²) >= 11 is 6.71. The van der Waals surface area contributed by atoms with Crippen LogP contribution in [-0.2, 0) is 0 Å².